The number of nitrogens with two attached hydrogens (primary N) is 1. The van der Waals surface area contributed by atoms with Crippen molar-refractivity contribution in [2.45, 2.75) is 13.0 Å². The molecule has 0 fully saturated rings. The molecule has 9 nitrogen and oxygen atoms in total. The van der Waals surface area contributed by atoms with Crippen molar-refractivity contribution < 1.29 is 4.79 Å². The Morgan fingerprint density at radius 2 is 1.89 bits per heavy atom. The van der Waals surface area contributed by atoms with Gasteiger partial charge in [-0.1, -0.05) is 42.2 Å². The van der Waals surface area contributed by atoms with Crippen molar-refractivity contribution in [3.05, 3.63) is 95.8 Å². The number of nitrogen functional groups attached to an aromatic ring is 1. The number of aryl methyl sites for hydroxylation is 1. The molecule has 3 aromatic heterocycles. The van der Waals surface area contributed by atoms with Crippen LogP contribution in [-0.4, -0.2) is 35.9 Å². The number of nitrogens with one attached hydrogen (secondary N) is 1. The number of anilines is 1. The van der Waals surface area contributed by atoms with Gasteiger partial charge in [0.1, 0.15) is 0 Å². The average molecular weight is 475 g/mol. The summed E-state index contributed by atoms with van der Waals surface area (Å²) in [6.45, 7) is 1.90. The molecule has 36 heavy (non-hydrogen) atoms. The molecule has 0 spiro atoms. The highest BCUT2D eigenvalue weighted by Crippen LogP contribution is 2.33. The number of rotatable bonds is 4. The smallest absolute Gasteiger partial charge is 0.274 e. The second kappa shape index (κ2) is 9.64. The summed E-state index contributed by atoms with van der Waals surface area (Å²) in [4.78, 5) is 20.9. The van der Waals surface area contributed by atoms with Crippen molar-refractivity contribution in [3.63, 3.8) is 0 Å². The first-order valence-electron chi connectivity index (χ1n) is 11.2. The number of carbonyl (C=O) groups is 1. The van der Waals surface area contributed by atoms with Crippen molar-refractivity contribution in [3.8, 4) is 23.0 Å². The Labute approximate surface area is 207 Å². The molecule has 5 aromatic rings. The summed E-state index contributed by atoms with van der Waals surface area (Å²) in [5.74, 6) is 6.00. The van der Waals surface area contributed by atoms with Gasteiger partial charge in [-0.05, 0) is 35.7 Å². The van der Waals surface area contributed by atoms with Crippen molar-refractivity contribution in [1.29, 1.82) is 0 Å². The monoisotopic (exact) mass is 474 g/mol. The van der Waals surface area contributed by atoms with Crippen LogP contribution in [0.15, 0.2) is 73.4 Å². The number of aromatic nitrogens is 6. The van der Waals surface area contributed by atoms with Crippen LogP contribution in [0.5, 0.6) is 0 Å². The number of amides is 1. The van der Waals surface area contributed by atoms with Crippen LogP contribution in [0.25, 0.3) is 22.0 Å². The molecule has 0 aliphatic heterocycles. The molecule has 1 unspecified atom stereocenters. The maximum Gasteiger partial charge on any atom is 0.274 e. The summed E-state index contributed by atoms with van der Waals surface area (Å²) in [5.41, 5.74) is 11.0. The standard InChI is InChI=1S/C27H22N8O/c1-17(33-27(36)25-26(28)30-11-10-29-25)21-13-24-23(12-22(21)19-6-4-3-5-7-19)20(15-31-34-24)9-8-18-14-32-35(2)16-18/h3-7,10-17H,1-2H3,(H2,28,30)(H,33,36). The number of benzene rings is 2. The van der Waals surface area contributed by atoms with Crippen LogP contribution in [-0.2, 0) is 7.05 Å². The molecule has 3 N–H and O–H groups in total. The minimum absolute atomic E-state index is 0.0756. The number of fused-ring (bicyclic) bond motifs is 1. The highest BCUT2D eigenvalue weighted by Gasteiger charge is 2.20. The van der Waals surface area contributed by atoms with Gasteiger partial charge in [-0.2, -0.15) is 15.3 Å². The van der Waals surface area contributed by atoms with Crippen LogP contribution in [0.3, 0.4) is 0 Å². The van der Waals surface area contributed by atoms with Gasteiger partial charge >= 0.3 is 0 Å². The van der Waals surface area contributed by atoms with E-state index in [1.165, 1.54) is 12.4 Å². The summed E-state index contributed by atoms with van der Waals surface area (Å²) < 4.78 is 1.71. The zero-order valence-electron chi connectivity index (χ0n) is 19.7. The van der Waals surface area contributed by atoms with Gasteiger partial charge < -0.3 is 11.1 Å². The minimum atomic E-state index is -0.408. The van der Waals surface area contributed by atoms with Crippen molar-refractivity contribution >= 4 is 22.6 Å². The lowest BCUT2D eigenvalue weighted by molar-refractivity contribution is 0.0935. The molecule has 0 radical (unpaired) electrons. The molecular weight excluding hydrogens is 452 g/mol. The van der Waals surface area contributed by atoms with E-state index in [0.29, 0.717) is 5.52 Å². The van der Waals surface area contributed by atoms with Gasteiger partial charge in [-0.3, -0.25) is 9.48 Å². The Kier molecular flexibility index (Phi) is 6.07. The molecule has 0 saturated carbocycles. The van der Waals surface area contributed by atoms with Gasteiger partial charge in [0.05, 0.1) is 35.1 Å². The summed E-state index contributed by atoms with van der Waals surface area (Å²) >= 11 is 0. The van der Waals surface area contributed by atoms with E-state index in [1.807, 2.05) is 62.6 Å². The molecule has 3 heterocycles. The number of hydrogen-bond donors (Lipinski definition) is 2. The average Bonchev–Trinajstić information content (AvgIpc) is 3.32. The zero-order valence-corrected chi connectivity index (χ0v) is 19.7. The third-order valence-corrected chi connectivity index (χ3v) is 5.70. The molecule has 0 aliphatic carbocycles. The zero-order chi connectivity index (χ0) is 25.1. The van der Waals surface area contributed by atoms with Crippen LogP contribution >= 0.6 is 0 Å². The highest BCUT2D eigenvalue weighted by atomic mass is 16.2. The first-order valence-corrected chi connectivity index (χ1v) is 11.2. The summed E-state index contributed by atoms with van der Waals surface area (Å²) in [7, 11) is 1.85. The topological polar surface area (TPSA) is 124 Å². The Hall–Kier alpha value is -5.10. The predicted octanol–water partition coefficient (Wildman–Crippen LogP) is 3.29. The number of hydrogen-bond acceptors (Lipinski definition) is 7. The van der Waals surface area contributed by atoms with E-state index >= 15 is 0 Å². The minimum Gasteiger partial charge on any atom is -0.382 e. The van der Waals surface area contributed by atoms with E-state index in [9.17, 15) is 4.79 Å². The molecule has 9 heteroatoms. The van der Waals surface area contributed by atoms with Gasteiger partial charge in [0.25, 0.3) is 5.91 Å². The number of carbonyl (C=O) groups excluding carboxylic acids is 1. The Balaban J connectivity index is 1.59. The van der Waals surface area contributed by atoms with Crippen LogP contribution in [0.1, 0.15) is 40.1 Å². The van der Waals surface area contributed by atoms with Crippen molar-refractivity contribution in [1.82, 2.24) is 35.3 Å². The second-order valence-corrected chi connectivity index (χ2v) is 8.22. The molecule has 0 saturated heterocycles. The summed E-state index contributed by atoms with van der Waals surface area (Å²) in [5, 5.41) is 16.5. The fourth-order valence-corrected chi connectivity index (χ4v) is 3.94. The molecule has 0 bridgehead atoms. The molecular formula is C27H22N8O. The van der Waals surface area contributed by atoms with Gasteiger partial charge in [0.2, 0.25) is 0 Å². The second-order valence-electron chi connectivity index (χ2n) is 8.22. The van der Waals surface area contributed by atoms with Crippen LogP contribution in [0, 0.1) is 11.8 Å². The summed E-state index contributed by atoms with van der Waals surface area (Å²) in [6.07, 6.45) is 8.10. The Morgan fingerprint density at radius 1 is 1.08 bits per heavy atom. The lowest BCUT2D eigenvalue weighted by Crippen LogP contribution is -2.28. The molecule has 1 amide bonds. The lowest BCUT2D eigenvalue weighted by Gasteiger charge is -2.19. The van der Waals surface area contributed by atoms with Crippen molar-refractivity contribution in [2.24, 2.45) is 7.05 Å². The third kappa shape index (κ3) is 4.60. The van der Waals surface area contributed by atoms with E-state index in [-0.39, 0.29) is 17.6 Å². The van der Waals surface area contributed by atoms with E-state index in [4.69, 9.17) is 5.73 Å². The lowest BCUT2D eigenvalue weighted by atomic mass is 9.92. The highest BCUT2D eigenvalue weighted by molar-refractivity contribution is 5.97. The van der Waals surface area contributed by atoms with Gasteiger partial charge in [-0.25, -0.2) is 9.97 Å². The summed E-state index contributed by atoms with van der Waals surface area (Å²) in [6, 6.07) is 13.5. The van der Waals surface area contributed by atoms with E-state index in [1.54, 1.807) is 17.1 Å². The van der Waals surface area contributed by atoms with Crippen LogP contribution in [0.4, 0.5) is 5.82 Å². The van der Waals surface area contributed by atoms with E-state index in [0.717, 1.165) is 33.2 Å². The van der Waals surface area contributed by atoms with Gasteiger partial charge in [0, 0.05) is 31.0 Å². The Bertz CT molecular complexity index is 1630. The molecule has 2 aromatic carbocycles. The fraction of sp³-hybridized carbons (Fsp3) is 0.111. The normalized spacial score (nSPS) is 11.5. The molecule has 5 rings (SSSR count). The third-order valence-electron chi connectivity index (χ3n) is 5.70. The van der Waals surface area contributed by atoms with E-state index < -0.39 is 5.91 Å². The largest absolute Gasteiger partial charge is 0.382 e. The predicted molar refractivity (Wildman–Crippen MR) is 136 cm³/mol. The SMILES string of the molecule is CC(NC(=O)c1nccnc1N)c1cc2nncc(C#Cc3cnn(C)c3)c2cc1-c1ccccc1. The first-order chi connectivity index (χ1) is 17.5. The van der Waals surface area contributed by atoms with Gasteiger partial charge in [0.15, 0.2) is 11.5 Å². The van der Waals surface area contributed by atoms with Crippen LogP contribution in [0.2, 0.25) is 0 Å². The Morgan fingerprint density at radius 3 is 2.64 bits per heavy atom. The van der Waals surface area contributed by atoms with Crippen LogP contribution < -0.4 is 11.1 Å². The van der Waals surface area contributed by atoms with Gasteiger partial charge in [-0.15, -0.1) is 0 Å². The maximum absolute atomic E-state index is 12.9. The molecule has 1 atom stereocenters. The first kappa shape index (κ1) is 22.7. The maximum atomic E-state index is 12.9. The quantitative estimate of drug-likeness (QED) is 0.383. The molecule has 176 valence electrons. The fourth-order valence-electron chi connectivity index (χ4n) is 3.94. The van der Waals surface area contributed by atoms with Crippen molar-refractivity contribution in [2.75, 3.05) is 5.73 Å². The molecule has 0 aliphatic rings. The van der Waals surface area contributed by atoms with E-state index in [2.05, 4.69) is 42.4 Å². The number of nitrogens with zero attached hydrogens (tertiary/aromatic N) is 6.